The summed E-state index contributed by atoms with van der Waals surface area (Å²) in [7, 11) is 0. The maximum atomic E-state index is 5.51. The Morgan fingerprint density at radius 2 is 0.773 bits per heavy atom. The Bertz CT molecular complexity index is 4710. The standard InChI is InChI=1S/C72H47N3/c1-2-20-61(21-3-1)75-69-23-9-8-22-62(69)67-44-57(34-37-70(67)75)49-26-24-48(25-27-49)52-16-10-17-53(38-52)54-18-11-19-60(41-54)68-45-73-71-63-35-32-58(55-30-28-46-12-4-6-14-50(46)39-55)42-65(63)66-43-59(33-36-64(66)72(71)74-68)56-31-29-47-13-5-7-15-51(47)40-56/h1-24,26,28-45H,25,27H2. The molecule has 0 saturated heterocycles. The van der Waals surface area contributed by atoms with Gasteiger partial charge in [-0.15, -0.1) is 0 Å². The van der Waals surface area contributed by atoms with E-state index in [1.807, 2.05) is 6.20 Å². The molecule has 0 fully saturated rings. The Hall–Kier alpha value is -9.70. The molecule has 12 aromatic carbocycles. The fourth-order valence-corrected chi connectivity index (χ4v) is 11.9. The molecule has 0 bridgehead atoms. The number of benzene rings is 12. The number of hydrogen-bond acceptors (Lipinski definition) is 2. The maximum Gasteiger partial charge on any atom is 0.0979 e. The van der Waals surface area contributed by atoms with Crippen LogP contribution < -0.4 is 0 Å². The molecule has 2 heterocycles. The molecule has 0 atom stereocenters. The van der Waals surface area contributed by atoms with Crippen molar-refractivity contribution in [2.75, 3.05) is 0 Å². The van der Waals surface area contributed by atoms with Gasteiger partial charge in [0.15, 0.2) is 0 Å². The largest absolute Gasteiger partial charge is 0.309 e. The van der Waals surface area contributed by atoms with Crippen LogP contribution in [0.15, 0.2) is 261 Å². The van der Waals surface area contributed by atoms with E-state index in [0.717, 1.165) is 56.9 Å². The summed E-state index contributed by atoms with van der Waals surface area (Å²) in [4.78, 5) is 10.8. The van der Waals surface area contributed by atoms with Crippen molar-refractivity contribution in [2.24, 2.45) is 0 Å². The predicted molar refractivity (Wildman–Crippen MR) is 317 cm³/mol. The second-order valence-corrected chi connectivity index (χ2v) is 20.1. The fraction of sp³-hybridized carbons (Fsp3) is 0.0278. The van der Waals surface area contributed by atoms with E-state index in [4.69, 9.17) is 9.97 Å². The molecule has 1 aliphatic rings. The van der Waals surface area contributed by atoms with E-state index >= 15 is 0 Å². The third kappa shape index (κ3) is 7.43. The second-order valence-electron chi connectivity index (χ2n) is 20.1. The Morgan fingerprint density at radius 3 is 1.44 bits per heavy atom. The van der Waals surface area contributed by atoms with Gasteiger partial charge in [0.2, 0.25) is 0 Å². The molecule has 0 spiro atoms. The highest BCUT2D eigenvalue weighted by molar-refractivity contribution is 6.24. The highest BCUT2D eigenvalue weighted by Gasteiger charge is 2.18. The van der Waals surface area contributed by atoms with Crippen LogP contribution >= 0.6 is 0 Å². The first-order chi connectivity index (χ1) is 37.1. The third-order valence-corrected chi connectivity index (χ3v) is 15.7. The van der Waals surface area contributed by atoms with Gasteiger partial charge < -0.3 is 4.57 Å². The molecule has 0 saturated carbocycles. The number of rotatable bonds is 7. The second kappa shape index (κ2) is 17.5. The quantitative estimate of drug-likeness (QED) is 0.149. The van der Waals surface area contributed by atoms with E-state index in [-0.39, 0.29) is 0 Å². The van der Waals surface area contributed by atoms with Crippen LogP contribution in [0.25, 0.3) is 137 Å². The minimum atomic E-state index is 0.850. The number of para-hydroxylation sites is 2. The van der Waals surface area contributed by atoms with Crippen molar-refractivity contribution in [1.29, 1.82) is 0 Å². The zero-order valence-electron chi connectivity index (χ0n) is 41.1. The summed E-state index contributed by atoms with van der Waals surface area (Å²) in [5.41, 5.74) is 19.7. The van der Waals surface area contributed by atoms with Crippen molar-refractivity contribution < 1.29 is 0 Å². The molecular formula is C72H47N3. The van der Waals surface area contributed by atoms with Crippen molar-refractivity contribution in [3.05, 3.63) is 272 Å². The van der Waals surface area contributed by atoms with E-state index in [2.05, 4.69) is 259 Å². The fourth-order valence-electron chi connectivity index (χ4n) is 11.9. The van der Waals surface area contributed by atoms with Crippen LogP contribution in [-0.2, 0) is 0 Å². The minimum absolute atomic E-state index is 0.850. The van der Waals surface area contributed by atoms with Gasteiger partial charge in [0.1, 0.15) is 0 Å². The SMILES string of the molecule is C1=C(c2cccc(-c3cccc(-c4cnc5c6ccc(-c7ccc8ccccc8c7)cc6c6cc(-c7ccc8ccccc8c7)ccc6c5n4)c3)c2)CCC(c2ccc3c(c2)c2ccccc2n3-c2ccccc2)=C1. The predicted octanol–water partition coefficient (Wildman–Crippen LogP) is 19.3. The lowest BCUT2D eigenvalue weighted by molar-refractivity contribution is 1.07. The number of fused-ring (bicyclic) bond motifs is 11. The monoisotopic (exact) mass is 953 g/mol. The van der Waals surface area contributed by atoms with Crippen LogP contribution in [0.1, 0.15) is 24.0 Å². The molecule has 2 aromatic heterocycles. The van der Waals surface area contributed by atoms with Crippen LogP contribution in [0.2, 0.25) is 0 Å². The molecule has 75 heavy (non-hydrogen) atoms. The molecule has 0 radical (unpaired) electrons. The lowest BCUT2D eigenvalue weighted by atomic mass is 9.88. The lowest BCUT2D eigenvalue weighted by Gasteiger charge is -2.17. The summed E-state index contributed by atoms with van der Waals surface area (Å²) in [6.07, 6.45) is 8.58. The molecule has 0 aliphatic heterocycles. The van der Waals surface area contributed by atoms with Crippen LogP contribution in [0.5, 0.6) is 0 Å². The maximum absolute atomic E-state index is 5.51. The molecule has 14 aromatic rings. The first-order valence-electron chi connectivity index (χ1n) is 26.0. The Kier molecular flexibility index (Phi) is 10.0. The molecular weight excluding hydrogens is 907 g/mol. The molecule has 15 rings (SSSR count). The summed E-state index contributed by atoms with van der Waals surface area (Å²) >= 11 is 0. The summed E-state index contributed by atoms with van der Waals surface area (Å²) in [5, 5.41) is 12.0. The molecule has 1 aliphatic carbocycles. The van der Waals surface area contributed by atoms with Crippen molar-refractivity contribution in [3.63, 3.8) is 0 Å². The Labute approximate surface area is 434 Å². The first-order valence-corrected chi connectivity index (χ1v) is 26.0. The van der Waals surface area contributed by atoms with Gasteiger partial charge in [0.25, 0.3) is 0 Å². The van der Waals surface area contributed by atoms with Gasteiger partial charge in [-0.05, 0) is 168 Å². The highest BCUT2D eigenvalue weighted by Crippen LogP contribution is 2.41. The molecule has 350 valence electrons. The van der Waals surface area contributed by atoms with Gasteiger partial charge in [0, 0.05) is 32.8 Å². The summed E-state index contributed by atoms with van der Waals surface area (Å²) < 4.78 is 2.38. The first kappa shape index (κ1) is 42.9. The Balaban J connectivity index is 0.780. The number of hydrogen-bond donors (Lipinski definition) is 0. The molecule has 3 nitrogen and oxygen atoms in total. The summed E-state index contributed by atoms with van der Waals surface area (Å²) in [6.45, 7) is 0. The highest BCUT2D eigenvalue weighted by atomic mass is 15.0. The average Bonchev–Trinajstić information content (AvgIpc) is 3.86. The Morgan fingerprint density at radius 1 is 0.293 bits per heavy atom. The smallest absolute Gasteiger partial charge is 0.0979 e. The number of nitrogens with zero attached hydrogens (tertiary/aromatic N) is 3. The molecule has 0 N–H and O–H groups in total. The van der Waals surface area contributed by atoms with Gasteiger partial charge in [-0.25, -0.2) is 4.98 Å². The summed E-state index contributed by atoms with van der Waals surface area (Å²) in [5.74, 6) is 0. The zero-order valence-corrected chi connectivity index (χ0v) is 41.1. The van der Waals surface area contributed by atoms with Crippen LogP contribution in [-0.4, -0.2) is 14.5 Å². The van der Waals surface area contributed by atoms with Gasteiger partial charge in [-0.1, -0.05) is 188 Å². The summed E-state index contributed by atoms with van der Waals surface area (Å²) in [6, 6.07) is 88.6. The van der Waals surface area contributed by atoms with Crippen LogP contribution in [0, 0.1) is 0 Å². The van der Waals surface area contributed by atoms with E-state index < -0.39 is 0 Å². The normalized spacial score (nSPS) is 12.9. The van der Waals surface area contributed by atoms with E-state index in [0.29, 0.717) is 0 Å². The van der Waals surface area contributed by atoms with Gasteiger partial charge >= 0.3 is 0 Å². The van der Waals surface area contributed by atoms with Crippen molar-refractivity contribution >= 4 is 87.1 Å². The average molecular weight is 954 g/mol. The van der Waals surface area contributed by atoms with Crippen LogP contribution in [0.3, 0.4) is 0 Å². The van der Waals surface area contributed by atoms with E-state index in [1.54, 1.807) is 0 Å². The van der Waals surface area contributed by atoms with Gasteiger partial charge in [-0.3, -0.25) is 4.98 Å². The molecule has 3 heteroatoms. The minimum Gasteiger partial charge on any atom is -0.309 e. The molecule has 0 unspecified atom stereocenters. The zero-order chi connectivity index (χ0) is 49.4. The van der Waals surface area contributed by atoms with Gasteiger partial charge in [-0.2, -0.15) is 0 Å². The van der Waals surface area contributed by atoms with Crippen molar-refractivity contribution in [3.8, 4) is 50.3 Å². The molecule has 0 amide bonds. The lowest BCUT2D eigenvalue weighted by Crippen LogP contribution is -1.95. The number of allylic oxidation sites excluding steroid dienone is 4. The van der Waals surface area contributed by atoms with E-state index in [1.165, 1.54) is 105 Å². The van der Waals surface area contributed by atoms with Crippen molar-refractivity contribution in [2.45, 2.75) is 12.8 Å². The van der Waals surface area contributed by atoms with Crippen molar-refractivity contribution in [1.82, 2.24) is 14.5 Å². The number of aromatic nitrogens is 3. The van der Waals surface area contributed by atoms with Crippen LogP contribution in [0.4, 0.5) is 0 Å². The third-order valence-electron chi connectivity index (χ3n) is 15.7. The van der Waals surface area contributed by atoms with E-state index in [9.17, 15) is 0 Å². The topological polar surface area (TPSA) is 30.7 Å². The van der Waals surface area contributed by atoms with Gasteiger partial charge in [0.05, 0.1) is 34.0 Å².